The van der Waals surface area contributed by atoms with Crippen LogP contribution in [0.15, 0.2) is 0 Å². The largest absolute Gasteiger partial charge is 0.330 e. The molecule has 0 aliphatic carbocycles. The van der Waals surface area contributed by atoms with Crippen LogP contribution in [0, 0.1) is 11.3 Å². The first-order chi connectivity index (χ1) is 6.62. The molecule has 0 bridgehead atoms. The van der Waals surface area contributed by atoms with Gasteiger partial charge in [-0.15, -0.1) is 0 Å². The van der Waals surface area contributed by atoms with Gasteiger partial charge in [0.15, 0.2) is 0 Å². The van der Waals surface area contributed by atoms with E-state index < -0.39 is 0 Å². The second-order valence-electron chi connectivity index (χ2n) is 5.03. The number of nitrogens with zero attached hydrogens (tertiary/aromatic N) is 1. The molecule has 0 amide bonds. The Morgan fingerprint density at radius 1 is 1.36 bits per heavy atom. The predicted molar refractivity (Wildman–Crippen MR) is 58.0 cm³/mol. The highest BCUT2D eigenvalue weighted by atomic mass is 19.1. The molecule has 1 aliphatic rings. The Kier molecular flexibility index (Phi) is 4.32. The molecule has 1 rings (SSSR count). The van der Waals surface area contributed by atoms with Crippen LogP contribution in [0.4, 0.5) is 4.39 Å². The van der Waals surface area contributed by atoms with E-state index in [-0.39, 0.29) is 12.1 Å². The molecule has 2 N–H and O–H groups in total. The smallest absolute Gasteiger partial charge is 0.0963 e. The molecule has 0 aromatic heterocycles. The van der Waals surface area contributed by atoms with Crippen molar-refractivity contribution in [3.05, 3.63) is 0 Å². The summed E-state index contributed by atoms with van der Waals surface area (Å²) in [5, 5.41) is 0. The first kappa shape index (κ1) is 11.9. The van der Waals surface area contributed by atoms with Crippen LogP contribution in [0.25, 0.3) is 0 Å². The normalized spacial score (nSPS) is 22.9. The average Bonchev–Trinajstić information content (AvgIpc) is 2.19. The van der Waals surface area contributed by atoms with Crippen LogP contribution in [0.1, 0.15) is 26.7 Å². The Balaban J connectivity index is 2.37. The highest BCUT2D eigenvalue weighted by Crippen LogP contribution is 2.30. The van der Waals surface area contributed by atoms with Crippen LogP contribution < -0.4 is 5.73 Å². The highest BCUT2D eigenvalue weighted by Gasteiger charge is 2.33. The fraction of sp³-hybridized carbons (Fsp3) is 1.00. The zero-order chi connectivity index (χ0) is 10.6. The van der Waals surface area contributed by atoms with E-state index >= 15 is 0 Å². The van der Waals surface area contributed by atoms with Crippen molar-refractivity contribution in [2.45, 2.75) is 26.7 Å². The minimum Gasteiger partial charge on any atom is -0.330 e. The number of alkyl halides is 1. The lowest BCUT2D eigenvalue weighted by Gasteiger charge is -2.39. The van der Waals surface area contributed by atoms with Crippen LogP contribution >= 0.6 is 0 Å². The van der Waals surface area contributed by atoms with Crippen molar-refractivity contribution in [1.82, 2.24) is 4.90 Å². The molecule has 0 aromatic rings. The fourth-order valence-corrected chi connectivity index (χ4v) is 2.12. The van der Waals surface area contributed by atoms with Crippen LogP contribution in [0.5, 0.6) is 0 Å². The van der Waals surface area contributed by atoms with Gasteiger partial charge in [-0.25, -0.2) is 0 Å². The summed E-state index contributed by atoms with van der Waals surface area (Å²) in [6, 6.07) is 0. The van der Waals surface area contributed by atoms with Gasteiger partial charge in [0, 0.05) is 18.5 Å². The quantitative estimate of drug-likeness (QED) is 0.751. The van der Waals surface area contributed by atoms with Crippen LogP contribution in [0.3, 0.4) is 0 Å². The fourth-order valence-electron chi connectivity index (χ4n) is 2.12. The van der Waals surface area contributed by atoms with Gasteiger partial charge in [0.1, 0.15) is 0 Å². The first-order valence-electron chi connectivity index (χ1n) is 5.60. The lowest BCUT2D eigenvalue weighted by Crippen LogP contribution is -2.46. The minimum absolute atomic E-state index is 0.201. The molecule has 0 radical (unpaired) electrons. The molecule has 0 spiro atoms. The van der Waals surface area contributed by atoms with Crippen molar-refractivity contribution in [2.75, 3.05) is 32.9 Å². The topological polar surface area (TPSA) is 29.3 Å². The number of halogens is 1. The maximum absolute atomic E-state index is 12.8. The van der Waals surface area contributed by atoms with Gasteiger partial charge in [-0.3, -0.25) is 4.39 Å². The number of nitrogens with two attached hydrogens (primary N) is 1. The van der Waals surface area contributed by atoms with Gasteiger partial charge in [0.25, 0.3) is 0 Å². The van der Waals surface area contributed by atoms with E-state index in [0.717, 1.165) is 32.5 Å². The number of piperidine rings is 1. The van der Waals surface area contributed by atoms with E-state index in [4.69, 9.17) is 5.73 Å². The molecule has 0 unspecified atom stereocenters. The third kappa shape index (κ3) is 2.92. The Labute approximate surface area is 86.6 Å². The van der Waals surface area contributed by atoms with Gasteiger partial charge in [-0.05, 0) is 31.8 Å². The standard InChI is InChI=1S/C11H23FN2/c1-10(2)7-14-5-3-11(8-12,9-13)4-6-14/h10H,3-9,13H2,1-2H3. The Morgan fingerprint density at radius 3 is 2.29 bits per heavy atom. The van der Waals surface area contributed by atoms with Gasteiger partial charge in [0.05, 0.1) is 6.67 Å². The Morgan fingerprint density at radius 2 is 1.93 bits per heavy atom. The molecule has 0 atom stereocenters. The van der Waals surface area contributed by atoms with E-state index in [2.05, 4.69) is 18.7 Å². The van der Waals surface area contributed by atoms with Crippen LogP contribution in [0.2, 0.25) is 0 Å². The molecule has 84 valence electrons. The Hall–Kier alpha value is -0.150. The van der Waals surface area contributed by atoms with E-state index in [1.165, 1.54) is 0 Å². The molecule has 14 heavy (non-hydrogen) atoms. The summed E-state index contributed by atoms with van der Waals surface area (Å²) < 4.78 is 12.8. The molecular weight excluding hydrogens is 179 g/mol. The Bertz CT molecular complexity index is 157. The zero-order valence-corrected chi connectivity index (χ0v) is 9.43. The number of hydrogen-bond acceptors (Lipinski definition) is 2. The van der Waals surface area contributed by atoms with Gasteiger partial charge >= 0.3 is 0 Å². The lowest BCUT2D eigenvalue weighted by molar-refractivity contribution is 0.0781. The summed E-state index contributed by atoms with van der Waals surface area (Å²) >= 11 is 0. The maximum Gasteiger partial charge on any atom is 0.0963 e. The molecule has 1 saturated heterocycles. The average molecular weight is 202 g/mol. The summed E-state index contributed by atoms with van der Waals surface area (Å²) in [6.45, 7) is 7.85. The zero-order valence-electron chi connectivity index (χ0n) is 9.43. The monoisotopic (exact) mass is 202 g/mol. The second-order valence-corrected chi connectivity index (χ2v) is 5.03. The highest BCUT2D eigenvalue weighted by molar-refractivity contribution is 4.86. The molecule has 1 aliphatic heterocycles. The molecule has 1 fully saturated rings. The van der Waals surface area contributed by atoms with Gasteiger partial charge < -0.3 is 10.6 Å². The minimum atomic E-state index is -0.251. The van der Waals surface area contributed by atoms with Crippen molar-refractivity contribution >= 4 is 0 Å². The van der Waals surface area contributed by atoms with Crippen molar-refractivity contribution in [2.24, 2.45) is 17.1 Å². The molecule has 2 nitrogen and oxygen atoms in total. The summed E-state index contributed by atoms with van der Waals surface area (Å²) in [4.78, 5) is 2.42. The van der Waals surface area contributed by atoms with E-state index in [9.17, 15) is 4.39 Å². The lowest BCUT2D eigenvalue weighted by atomic mass is 9.79. The van der Waals surface area contributed by atoms with Crippen molar-refractivity contribution in [3.63, 3.8) is 0 Å². The maximum atomic E-state index is 12.8. The number of likely N-dealkylation sites (tertiary alicyclic amines) is 1. The van der Waals surface area contributed by atoms with E-state index in [1.807, 2.05) is 0 Å². The van der Waals surface area contributed by atoms with Gasteiger partial charge in [-0.2, -0.15) is 0 Å². The van der Waals surface area contributed by atoms with Gasteiger partial charge in [-0.1, -0.05) is 13.8 Å². The first-order valence-corrected chi connectivity index (χ1v) is 5.60. The third-order valence-corrected chi connectivity index (χ3v) is 3.26. The third-order valence-electron chi connectivity index (χ3n) is 3.26. The van der Waals surface area contributed by atoms with E-state index in [0.29, 0.717) is 12.5 Å². The molecule has 3 heteroatoms. The second kappa shape index (κ2) is 5.08. The van der Waals surface area contributed by atoms with Crippen molar-refractivity contribution < 1.29 is 4.39 Å². The van der Waals surface area contributed by atoms with E-state index in [1.54, 1.807) is 0 Å². The molecule has 0 saturated carbocycles. The SMILES string of the molecule is CC(C)CN1CCC(CN)(CF)CC1. The summed E-state index contributed by atoms with van der Waals surface area (Å²) in [5.41, 5.74) is 5.44. The van der Waals surface area contributed by atoms with Crippen molar-refractivity contribution in [1.29, 1.82) is 0 Å². The summed E-state index contributed by atoms with van der Waals surface area (Å²) in [6.07, 6.45) is 1.85. The number of rotatable bonds is 4. The molecular formula is C11H23FN2. The predicted octanol–water partition coefficient (Wildman–Crippen LogP) is 1.65. The van der Waals surface area contributed by atoms with Crippen LogP contribution in [-0.2, 0) is 0 Å². The number of hydrogen-bond donors (Lipinski definition) is 1. The van der Waals surface area contributed by atoms with Gasteiger partial charge in [0.2, 0.25) is 0 Å². The van der Waals surface area contributed by atoms with Crippen LogP contribution in [-0.4, -0.2) is 37.8 Å². The summed E-state index contributed by atoms with van der Waals surface area (Å²) in [5.74, 6) is 0.700. The molecule has 1 heterocycles. The van der Waals surface area contributed by atoms with Crippen molar-refractivity contribution in [3.8, 4) is 0 Å². The molecule has 0 aromatic carbocycles. The summed E-state index contributed by atoms with van der Waals surface area (Å²) in [7, 11) is 0.